The van der Waals surface area contributed by atoms with E-state index in [0.29, 0.717) is 0 Å². The number of β-amino-alcohol motifs (C(OH)–C–C–N with tert-alkyl or cyclic N) is 1. The molecule has 1 amide bonds. The Bertz CT molecular complexity index is 590. The Balaban J connectivity index is 2.19. The van der Waals surface area contributed by atoms with Gasteiger partial charge in [-0.1, -0.05) is 0 Å². The smallest absolute Gasteiger partial charge is 0.419 e. The van der Waals surface area contributed by atoms with E-state index in [-0.39, 0.29) is 17.8 Å². The normalized spacial score (nSPS) is 22.4. The molecule has 0 bridgehead atoms. The molecule has 2 N–H and O–H groups in total. The third-order valence-electron chi connectivity index (χ3n) is 3.29. The van der Waals surface area contributed by atoms with Crippen molar-refractivity contribution in [1.82, 2.24) is 9.88 Å². The van der Waals surface area contributed by atoms with Crippen LogP contribution >= 0.6 is 0 Å². The van der Waals surface area contributed by atoms with Crippen molar-refractivity contribution in [2.75, 3.05) is 13.1 Å². The van der Waals surface area contributed by atoms with Gasteiger partial charge in [0.25, 0.3) is 5.91 Å². The summed E-state index contributed by atoms with van der Waals surface area (Å²) in [6, 6.07) is 2.19. The lowest BCUT2D eigenvalue weighted by Crippen LogP contribution is -2.48. The molecular formula is C12H11F3N2O4. The number of aromatic nitrogens is 1. The van der Waals surface area contributed by atoms with Crippen LogP contribution in [0.1, 0.15) is 27.3 Å². The second kappa shape index (κ2) is 4.99. The SMILES string of the molecule is O=C(O)c1cc(C(=O)N2CCC(O)(C(F)(F)F)C2)ccn1. The maximum Gasteiger partial charge on any atom is 0.419 e. The van der Waals surface area contributed by atoms with Crippen molar-refractivity contribution in [2.24, 2.45) is 0 Å². The molecular weight excluding hydrogens is 293 g/mol. The second-order valence-electron chi connectivity index (χ2n) is 4.74. The number of aromatic carboxylic acids is 1. The van der Waals surface area contributed by atoms with Gasteiger partial charge in [-0.3, -0.25) is 4.79 Å². The molecule has 1 saturated heterocycles. The van der Waals surface area contributed by atoms with Crippen LogP contribution in [0.5, 0.6) is 0 Å². The van der Waals surface area contributed by atoms with E-state index < -0.39 is 36.6 Å². The van der Waals surface area contributed by atoms with E-state index in [1.807, 2.05) is 0 Å². The molecule has 2 heterocycles. The number of alkyl halides is 3. The van der Waals surface area contributed by atoms with Crippen LogP contribution < -0.4 is 0 Å². The molecule has 1 unspecified atom stereocenters. The van der Waals surface area contributed by atoms with Gasteiger partial charge in [0.2, 0.25) is 0 Å². The largest absolute Gasteiger partial charge is 0.477 e. The van der Waals surface area contributed by atoms with E-state index in [9.17, 15) is 27.9 Å². The molecule has 1 aromatic heterocycles. The van der Waals surface area contributed by atoms with E-state index in [4.69, 9.17) is 5.11 Å². The van der Waals surface area contributed by atoms with Crippen molar-refractivity contribution in [3.63, 3.8) is 0 Å². The van der Waals surface area contributed by atoms with Gasteiger partial charge in [-0.15, -0.1) is 0 Å². The topological polar surface area (TPSA) is 90.7 Å². The highest BCUT2D eigenvalue weighted by Crippen LogP contribution is 2.37. The summed E-state index contributed by atoms with van der Waals surface area (Å²) in [6.07, 6.45) is -4.35. The maximum atomic E-state index is 12.7. The lowest BCUT2D eigenvalue weighted by Gasteiger charge is -2.25. The Morgan fingerprint density at radius 3 is 2.57 bits per heavy atom. The first kappa shape index (κ1) is 15.2. The van der Waals surface area contributed by atoms with E-state index in [0.717, 1.165) is 17.2 Å². The fraction of sp³-hybridized carbons (Fsp3) is 0.417. The van der Waals surface area contributed by atoms with Crippen molar-refractivity contribution < 1.29 is 33.0 Å². The van der Waals surface area contributed by atoms with E-state index in [1.54, 1.807) is 0 Å². The highest BCUT2D eigenvalue weighted by Gasteiger charge is 2.57. The summed E-state index contributed by atoms with van der Waals surface area (Å²) in [5.74, 6) is -2.13. The Kier molecular flexibility index (Phi) is 3.62. The average Bonchev–Trinajstić information content (AvgIpc) is 2.81. The van der Waals surface area contributed by atoms with Crippen LogP contribution in [0.2, 0.25) is 0 Å². The van der Waals surface area contributed by atoms with Crippen molar-refractivity contribution in [1.29, 1.82) is 0 Å². The van der Waals surface area contributed by atoms with Gasteiger partial charge in [0.15, 0.2) is 5.60 Å². The van der Waals surface area contributed by atoms with Crippen LogP contribution in [-0.4, -0.2) is 56.8 Å². The number of rotatable bonds is 2. The molecule has 0 radical (unpaired) electrons. The highest BCUT2D eigenvalue weighted by molar-refractivity contribution is 5.96. The third-order valence-corrected chi connectivity index (χ3v) is 3.29. The second-order valence-corrected chi connectivity index (χ2v) is 4.74. The number of halogens is 3. The number of nitrogens with zero attached hydrogens (tertiary/aromatic N) is 2. The highest BCUT2D eigenvalue weighted by atomic mass is 19.4. The predicted molar refractivity (Wildman–Crippen MR) is 62.7 cm³/mol. The lowest BCUT2D eigenvalue weighted by atomic mass is 10.0. The van der Waals surface area contributed by atoms with Crippen LogP contribution in [0.25, 0.3) is 0 Å². The van der Waals surface area contributed by atoms with Gasteiger partial charge in [-0.25, -0.2) is 9.78 Å². The fourth-order valence-electron chi connectivity index (χ4n) is 2.06. The van der Waals surface area contributed by atoms with E-state index in [1.165, 1.54) is 6.07 Å². The minimum atomic E-state index is -4.83. The van der Waals surface area contributed by atoms with Crippen molar-refractivity contribution >= 4 is 11.9 Å². The first-order valence-electron chi connectivity index (χ1n) is 5.92. The fourth-order valence-corrected chi connectivity index (χ4v) is 2.06. The zero-order valence-corrected chi connectivity index (χ0v) is 10.6. The van der Waals surface area contributed by atoms with Crippen molar-refractivity contribution in [3.8, 4) is 0 Å². The number of carbonyl (C=O) groups is 2. The summed E-state index contributed by atoms with van der Waals surface area (Å²) in [5, 5.41) is 18.3. The molecule has 0 aliphatic carbocycles. The summed E-state index contributed by atoms with van der Waals surface area (Å²) in [4.78, 5) is 27.2. The number of carboxylic acid groups (broad SMARTS) is 1. The van der Waals surface area contributed by atoms with Gasteiger partial charge in [0.1, 0.15) is 5.69 Å². The van der Waals surface area contributed by atoms with Crippen molar-refractivity contribution in [2.45, 2.75) is 18.2 Å². The molecule has 1 fully saturated rings. The van der Waals surface area contributed by atoms with E-state index >= 15 is 0 Å². The van der Waals surface area contributed by atoms with Gasteiger partial charge >= 0.3 is 12.1 Å². The molecule has 2 rings (SSSR count). The Hall–Kier alpha value is -2.16. The minimum absolute atomic E-state index is 0.0891. The summed E-state index contributed by atoms with van der Waals surface area (Å²) in [5.41, 5.74) is -3.40. The minimum Gasteiger partial charge on any atom is -0.477 e. The number of hydrogen-bond donors (Lipinski definition) is 2. The number of amides is 1. The standard InChI is InChI=1S/C12H11F3N2O4/c13-12(14,15)11(21)2-4-17(6-11)9(18)7-1-3-16-8(5-7)10(19)20/h1,3,5,21H,2,4,6H2,(H,19,20). The number of hydrogen-bond acceptors (Lipinski definition) is 4. The predicted octanol–water partition coefficient (Wildman–Crippen LogP) is 0.919. The summed E-state index contributed by atoms with van der Waals surface area (Å²) in [6.45, 7) is -1.14. The first-order valence-corrected chi connectivity index (χ1v) is 5.92. The van der Waals surface area contributed by atoms with Gasteiger partial charge < -0.3 is 15.1 Å². The number of aliphatic hydroxyl groups is 1. The molecule has 1 aliphatic rings. The van der Waals surface area contributed by atoms with Crippen LogP contribution in [0.15, 0.2) is 18.3 Å². The molecule has 1 aliphatic heterocycles. The number of carbonyl (C=O) groups excluding carboxylic acids is 1. The maximum absolute atomic E-state index is 12.7. The molecule has 9 heteroatoms. The zero-order valence-electron chi connectivity index (χ0n) is 10.6. The Labute approximate surface area is 116 Å². The van der Waals surface area contributed by atoms with Crippen LogP contribution in [0.4, 0.5) is 13.2 Å². The number of pyridine rings is 1. The molecule has 1 atom stereocenters. The molecule has 21 heavy (non-hydrogen) atoms. The number of carboxylic acids is 1. The van der Waals surface area contributed by atoms with Gasteiger partial charge in [-0.2, -0.15) is 13.2 Å². The average molecular weight is 304 g/mol. The van der Waals surface area contributed by atoms with Crippen LogP contribution in [0.3, 0.4) is 0 Å². The van der Waals surface area contributed by atoms with Gasteiger partial charge in [-0.05, 0) is 12.1 Å². The third kappa shape index (κ3) is 2.82. The quantitative estimate of drug-likeness (QED) is 0.848. The molecule has 6 nitrogen and oxygen atoms in total. The molecule has 114 valence electrons. The Morgan fingerprint density at radius 1 is 1.38 bits per heavy atom. The summed E-state index contributed by atoms with van der Waals surface area (Å²) >= 11 is 0. The van der Waals surface area contributed by atoms with Gasteiger partial charge in [0, 0.05) is 24.7 Å². The molecule has 0 saturated carbocycles. The molecule has 0 aromatic carbocycles. The lowest BCUT2D eigenvalue weighted by molar-refractivity contribution is -0.253. The zero-order chi connectivity index (χ0) is 15.8. The summed E-state index contributed by atoms with van der Waals surface area (Å²) in [7, 11) is 0. The Morgan fingerprint density at radius 2 is 2.05 bits per heavy atom. The number of likely N-dealkylation sites (tertiary alicyclic amines) is 1. The first-order chi connectivity index (χ1) is 9.64. The summed E-state index contributed by atoms with van der Waals surface area (Å²) < 4.78 is 38.0. The van der Waals surface area contributed by atoms with Crippen LogP contribution in [-0.2, 0) is 0 Å². The molecule has 1 aromatic rings. The van der Waals surface area contributed by atoms with Gasteiger partial charge in [0.05, 0.1) is 6.54 Å². The van der Waals surface area contributed by atoms with E-state index in [2.05, 4.69) is 4.98 Å². The molecule has 0 spiro atoms. The monoisotopic (exact) mass is 304 g/mol. The van der Waals surface area contributed by atoms with Crippen LogP contribution in [0, 0.1) is 0 Å². The van der Waals surface area contributed by atoms with Crippen molar-refractivity contribution in [3.05, 3.63) is 29.6 Å².